The van der Waals surface area contributed by atoms with Crippen molar-refractivity contribution in [3.63, 3.8) is 0 Å². The summed E-state index contributed by atoms with van der Waals surface area (Å²) in [6.07, 6.45) is 8.36. The molecular formula is C14H16N6O3. The number of rotatable bonds is 4. The van der Waals surface area contributed by atoms with Gasteiger partial charge in [0.15, 0.2) is 0 Å². The number of carbonyl (C=O) groups is 1. The van der Waals surface area contributed by atoms with Gasteiger partial charge in [0.25, 0.3) is 11.6 Å². The Balaban J connectivity index is 1.80. The van der Waals surface area contributed by atoms with Crippen LogP contribution in [0, 0.1) is 10.1 Å². The van der Waals surface area contributed by atoms with Crippen molar-refractivity contribution in [2.24, 2.45) is 5.73 Å². The van der Waals surface area contributed by atoms with Crippen molar-refractivity contribution in [2.45, 2.75) is 18.9 Å². The van der Waals surface area contributed by atoms with Gasteiger partial charge < -0.3 is 15.2 Å². The van der Waals surface area contributed by atoms with E-state index in [-0.39, 0.29) is 11.3 Å². The molecule has 0 aliphatic carbocycles. The third kappa shape index (κ3) is 2.98. The van der Waals surface area contributed by atoms with Gasteiger partial charge in [0.05, 0.1) is 16.8 Å². The molecule has 0 saturated carbocycles. The number of imidazole rings is 1. The molecule has 0 bridgehead atoms. The molecule has 2 aromatic heterocycles. The number of piperidine rings is 1. The summed E-state index contributed by atoms with van der Waals surface area (Å²) in [5, 5.41) is 10.8. The maximum atomic E-state index is 11.6. The Morgan fingerprint density at radius 3 is 2.70 bits per heavy atom. The zero-order valence-electron chi connectivity index (χ0n) is 12.3. The maximum absolute atomic E-state index is 11.6. The molecule has 1 amide bonds. The lowest BCUT2D eigenvalue weighted by Gasteiger charge is -2.33. The number of aromatic nitrogens is 3. The molecule has 9 heteroatoms. The van der Waals surface area contributed by atoms with Gasteiger partial charge in [-0.05, 0) is 12.8 Å². The first-order chi connectivity index (χ1) is 11.1. The molecule has 2 aromatic rings. The predicted octanol–water partition coefficient (Wildman–Crippen LogP) is 1.13. The average Bonchev–Trinajstić information content (AvgIpc) is 3.09. The van der Waals surface area contributed by atoms with E-state index in [9.17, 15) is 14.9 Å². The van der Waals surface area contributed by atoms with Crippen LogP contribution in [0.1, 0.15) is 29.2 Å². The van der Waals surface area contributed by atoms with Crippen molar-refractivity contribution in [1.82, 2.24) is 14.5 Å². The van der Waals surface area contributed by atoms with Gasteiger partial charge in [-0.1, -0.05) is 0 Å². The van der Waals surface area contributed by atoms with Gasteiger partial charge in [0.1, 0.15) is 12.0 Å². The van der Waals surface area contributed by atoms with Crippen LogP contribution < -0.4 is 10.6 Å². The van der Waals surface area contributed by atoms with Gasteiger partial charge in [-0.15, -0.1) is 0 Å². The Morgan fingerprint density at radius 2 is 2.13 bits per heavy atom. The second-order valence-electron chi connectivity index (χ2n) is 5.41. The van der Waals surface area contributed by atoms with Crippen LogP contribution in [0.4, 0.5) is 11.5 Å². The van der Waals surface area contributed by atoms with E-state index < -0.39 is 10.8 Å². The SMILES string of the molecule is NC(=O)c1cc([N+](=O)[O-])cnc1N1CCC(n2ccnc2)CC1. The molecule has 2 N–H and O–H groups in total. The van der Waals surface area contributed by atoms with E-state index in [0.717, 1.165) is 19.0 Å². The van der Waals surface area contributed by atoms with Crippen LogP contribution in [0.5, 0.6) is 0 Å². The Kier molecular flexibility index (Phi) is 3.92. The normalized spacial score (nSPS) is 15.6. The number of hydrogen-bond donors (Lipinski definition) is 1. The lowest BCUT2D eigenvalue weighted by molar-refractivity contribution is -0.385. The van der Waals surface area contributed by atoms with Crippen LogP contribution in [-0.4, -0.2) is 38.5 Å². The molecule has 0 radical (unpaired) electrons. The molecule has 0 spiro atoms. The molecule has 0 unspecified atom stereocenters. The molecule has 3 heterocycles. The Labute approximate surface area is 131 Å². The minimum Gasteiger partial charge on any atom is -0.365 e. The van der Waals surface area contributed by atoms with Gasteiger partial charge in [-0.25, -0.2) is 9.97 Å². The minimum absolute atomic E-state index is 0.0836. The van der Waals surface area contributed by atoms with E-state index in [2.05, 4.69) is 14.5 Å². The van der Waals surface area contributed by atoms with Crippen LogP contribution in [0.25, 0.3) is 0 Å². The maximum Gasteiger partial charge on any atom is 0.288 e. The van der Waals surface area contributed by atoms with E-state index in [4.69, 9.17) is 5.73 Å². The van der Waals surface area contributed by atoms with Gasteiger partial charge >= 0.3 is 0 Å². The van der Waals surface area contributed by atoms with Crippen molar-refractivity contribution >= 4 is 17.4 Å². The summed E-state index contributed by atoms with van der Waals surface area (Å²) in [6.45, 7) is 1.38. The first-order valence-electron chi connectivity index (χ1n) is 7.23. The fourth-order valence-electron chi connectivity index (χ4n) is 2.84. The van der Waals surface area contributed by atoms with E-state index in [0.29, 0.717) is 24.9 Å². The van der Waals surface area contributed by atoms with Gasteiger partial charge in [-0.2, -0.15) is 0 Å². The third-order valence-electron chi connectivity index (χ3n) is 4.04. The smallest absolute Gasteiger partial charge is 0.288 e. The number of nitro groups is 1. The largest absolute Gasteiger partial charge is 0.365 e. The summed E-state index contributed by atoms with van der Waals surface area (Å²) < 4.78 is 2.07. The predicted molar refractivity (Wildman–Crippen MR) is 82.1 cm³/mol. The molecule has 9 nitrogen and oxygen atoms in total. The highest BCUT2D eigenvalue weighted by molar-refractivity contribution is 5.98. The van der Waals surface area contributed by atoms with Crippen LogP contribution in [0.15, 0.2) is 31.0 Å². The first-order valence-corrected chi connectivity index (χ1v) is 7.23. The van der Waals surface area contributed by atoms with Crippen molar-refractivity contribution < 1.29 is 9.72 Å². The fraction of sp³-hybridized carbons (Fsp3) is 0.357. The lowest BCUT2D eigenvalue weighted by atomic mass is 10.0. The third-order valence-corrected chi connectivity index (χ3v) is 4.04. The summed E-state index contributed by atoms with van der Waals surface area (Å²) in [5.41, 5.74) is 5.20. The summed E-state index contributed by atoms with van der Waals surface area (Å²) >= 11 is 0. The summed E-state index contributed by atoms with van der Waals surface area (Å²) in [7, 11) is 0. The van der Waals surface area contributed by atoms with Crippen molar-refractivity contribution in [3.8, 4) is 0 Å². The van der Waals surface area contributed by atoms with E-state index in [1.54, 1.807) is 12.5 Å². The Morgan fingerprint density at radius 1 is 1.39 bits per heavy atom. The quantitative estimate of drug-likeness (QED) is 0.666. The van der Waals surface area contributed by atoms with E-state index in [1.165, 1.54) is 6.07 Å². The molecule has 0 aromatic carbocycles. The summed E-state index contributed by atoms with van der Waals surface area (Å²) in [6, 6.07) is 1.54. The van der Waals surface area contributed by atoms with Gasteiger partial charge in [0.2, 0.25) is 0 Å². The van der Waals surface area contributed by atoms with Crippen LogP contribution in [0.3, 0.4) is 0 Å². The standard InChI is InChI=1S/C14H16N6O3/c15-13(21)12-7-11(20(22)23)8-17-14(12)18-4-1-10(2-5-18)19-6-3-16-9-19/h3,6-10H,1-2,4-5H2,(H2,15,21). The second kappa shape index (κ2) is 6.03. The first kappa shape index (κ1) is 14.9. The number of nitrogens with two attached hydrogens (primary N) is 1. The van der Waals surface area contributed by atoms with Crippen molar-refractivity contribution in [1.29, 1.82) is 0 Å². The van der Waals surface area contributed by atoms with Crippen molar-refractivity contribution in [2.75, 3.05) is 18.0 Å². The zero-order valence-corrected chi connectivity index (χ0v) is 12.3. The molecule has 0 atom stereocenters. The summed E-state index contributed by atoms with van der Waals surface area (Å²) in [4.78, 5) is 31.9. The van der Waals surface area contributed by atoms with Crippen molar-refractivity contribution in [3.05, 3.63) is 46.7 Å². The van der Waals surface area contributed by atoms with Crippen LogP contribution >= 0.6 is 0 Å². The highest BCUT2D eigenvalue weighted by atomic mass is 16.6. The molecule has 1 saturated heterocycles. The number of hydrogen-bond acceptors (Lipinski definition) is 6. The highest BCUT2D eigenvalue weighted by Crippen LogP contribution is 2.28. The average molecular weight is 316 g/mol. The number of anilines is 1. The topological polar surface area (TPSA) is 120 Å². The van der Waals surface area contributed by atoms with E-state index in [1.807, 2.05) is 11.1 Å². The molecule has 1 aliphatic heterocycles. The lowest BCUT2D eigenvalue weighted by Crippen LogP contribution is -2.36. The van der Waals surface area contributed by atoms with Gasteiger partial charge in [0, 0.05) is 37.6 Å². The monoisotopic (exact) mass is 316 g/mol. The molecule has 1 aliphatic rings. The molecule has 23 heavy (non-hydrogen) atoms. The number of primary amides is 1. The highest BCUT2D eigenvalue weighted by Gasteiger charge is 2.25. The molecule has 120 valence electrons. The molecular weight excluding hydrogens is 300 g/mol. The zero-order chi connectivity index (χ0) is 16.4. The number of amides is 1. The number of nitrogens with zero attached hydrogens (tertiary/aromatic N) is 5. The molecule has 1 fully saturated rings. The Hall–Kier alpha value is -2.97. The van der Waals surface area contributed by atoms with Crippen LogP contribution in [-0.2, 0) is 0 Å². The molecule has 3 rings (SSSR count). The second-order valence-corrected chi connectivity index (χ2v) is 5.41. The van der Waals surface area contributed by atoms with Gasteiger partial charge in [-0.3, -0.25) is 14.9 Å². The van der Waals surface area contributed by atoms with Crippen LogP contribution in [0.2, 0.25) is 0 Å². The fourth-order valence-corrected chi connectivity index (χ4v) is 2.84. The number of pyridine rings is 1. The van der Waals surface area contributed by atoms with E-state index >= 15 is 0 Å². The minimum atomic E-state index is -0.715. The Bertz CT molecular complexity index is 722. The summed E-state index contributed by atoms with van der Waals surface area (Å²) in [5.74, 6) is -0.305. The number of carbonyl (C=O) groups excluding carboxylic acids is 1.